The van der Waals surface area contributed by atoms with E-state index in [9.17, 15) is 18.0 Å². The summed E-state index contributed by atoms with van der Waals surface area (Å²) in [7, 11) is -1.75. The maximum absolute atomic E-state index is 12.7. The molecule has 0 saturated carbocycles. The van der Waals surface area contributed by atoms with E-state index in [4.69, 9.17) is 9.47 Å². The summed E-state index contributed by atoms with van der Waals surface area (Å²) in [6, 6.07) is 6.90. The van der Waals surface area contributed by atoms with Crippen LogP contribution in [-0.4, -0.2) is 90.4 Å². The molecule has 43 heavy (non-hydrogen) atoms. The Hall–Kier alpha value is -4.56. The zero-order chi connectivity index (χ0) is 31.1. The van der Waals surface area contributed by atoms with Crippen molar-refractivity contribution in [3.63, 3.8) is 0 Å². The highest BCUT2D eigenvalue weighted by atomic mass is 32.2. The van der Waals surface area contributed by atoms with Crippen LogP contribution in [0, 0.1) is 13.8 Å². The maximum atomic E-state index is 12.7. The summed E-state index contributed by atoms with van der Waals surface area (Å²) in [6.45, 7) is 8.19. The van der Waals surface area contributed by atoms with Crippen molar-refractivity contribution in [2.75, 3.05) is 56.8 Å². The van der Waals surface area contributed by atoms with Crippen LogP contribution in [0.1, 0.15) is 16.7 Å². The fraction of sp³-hybridized carbons (Fsp3) is 0.345. The highest BCUT2D eigenvalue weighted by molar-refractivity contribution is 7.88. The van der Waals surface area contributed by atoms with Crippen LogP contribution in [-0.2, 0) is 26.0 Å². The first kappa shape index (κ1) is 31.4. The van der Waals surface area contributed by atoms with E-state index in [0.717, 1.165) is 23.1 Å². The van der Waals surface area contributed by atoms with Gasteiger partial charge in [0.1, 0.15) is 11.6 Å². The van der Waals surface area contributed by atoms with E-state index in [1.54, 1.807) is 48.7 Å². The van der Waals surface area contributed by atoms with Gasteiger partial charge in [-0.05, 0) is 49.2 Å². The van der Waals surface area contributed by atoms with Crippen molar-refractivity contribution >= 4 is 44.9 Å². The fourth-order valence-electron chi connectivity index (χ4n) is 4.32. The number of rotatable bonds is 12. The summed E-state index contributed by atoms with van der Waals surface area (Å²) in [4.78, 5) is 39.8. The summed E-state index contributed by atoms with van der Waals surface area (Å²) in [6.07, 6.45) is 5.83. The Bertz CT molecular complexity index is 1620. The monoisotopic (exact) mass is 609 g/mol. The van der Waals surface area contributed by atoms with Crippen molar-refractivity contribution in [1.29, 1.82) is 0 Å². The van der Waals surface area contributed by atoms with E-state index in [2.05, 4.69) is 32.2 Å². The van der Waals surface area contributed by atoms with Crippen LogP contribution in [0.5, 0.6) is 11.6 Å². The molecule has 2 N–H and O–H groups in total. The van der Waals surface area contributed by atoms with Crippen molar-refractivity contribution in [2.24, 2.45) is 0 Å². The van der Waals surface area contributed by atoms with Gasteiger partial charge in [0.15, 0.2) is 12.4 Å². The molecule has 1 aliphatic rings. The van der Waals surface area contributed by atoms with E-state index in [-0.39, 0.29) is 37.8 Å². The number of carbonyl (C=O) groups is 2. The molecule has 0 radical (unpaired) electrons. The summed E-state index contributed by atoms with van der Waals surface area (Å²) in [5.41, 5.74) is 3.65. The van der Waals surface area contributed by atoms with Crippen molar-refractivity contribution in [3.8, 4) is 11.6 Å². The molecule has 0 spiro atoms. The van der Waals surface area contributed by atoms with Gasteiger partial charge in [0.05, 0.1) is 19.1 Å². The predicted molar refractivity (Wildman–Crippen MR) is 163 cm³/mol. The largest absolute Gasteiger partial charge is 0.484 e. The summed E-state index contributed by atoms with van der Waals surface area (Å²) >= 11 is 0. The number of ether oxygens (including phenoxy) is 2. The Morgan fingerprint density at radius 3 is 2.42 bits per heavy atom. The van der Waals surface area contributed by atoms with Gasteiger partial charge in [-0.1, -0.05) is 6.58 Å². The quantitative estimate of drug-likeness (QED) is 0.291. The molecule has 14 heteroatoms. The number of aryl methyl sites for hydroxylation is 2. The van der Waals surface area contributed by atoms with Gasteiger partial charge in [0.25, 0.3) is 5.91 Å². The first-order valence-corrected chi connectivity index (χ1v) is 15.3. The number of amides is 1. The van der Waals surface area contributed by atoms with Gasteiger partial charge < -0.3 is 25.0 Å². The van der Waals surface area contributed by atoms with E-state index >= 15 is 0 Å². The van der Waals surface area contributed by atoms with Crippen molar-refractivity contribution in [3.05, 3.63) is 66.0 Å². The van der Waals surface area contributed by atoms with Gasteiger partial charge in [0, 0.05) is 62.3 Å². The molecule has 0 bridgehead atoms. The number of allylic oxidation sites excluding steroid dienone is 1. The molecule has 2 aromatic heterocycles. The molecule has 13 nitrogen and oxygen atoms in total. The van der Waals surface area contributed by atoms with Crippen LogP contribution in [0.2, 0.25) is 0 Å². The van der Waals surface area contributed by atoms with Crippen LogP contribution in [0.4, 0.5) is 23.1 Å². The summed E-state index contributed by atoms with van der Waals surface area (Å²) < 4.78 is 35.8. The molecule has 3 aromatic rings. The standard InChI is InChI=1S/C29H35N7O6S/c1-6-22(37)13-21-14-23(42-18-27(38)35-9-11-36(12-10-35)43(5,39)40)7-8-24(21)32-28-20(3)17-31-29(34-28)33-25-15-26(41-4)30-16-19(25)2/h6-8,14-17H,1,9-13,18H2,2-5H3,(H2,30,31,32,33,34). The Balaban J connectivity index is 1.48. The third kappa shape index (κ3) is 8.26. The molecule has 0 unspecified atom stereocenters. The van der Waals surface area contributed by atoms with Gasteiger partial charge >= 0.3 is 0 Å². The summed E-state index contributed by atoms with van der Waals surface area (Å²) in [5, 5.41) is 6.49. The van der Waals surface area contributed by atoms with Crippen LogP contribution in [0.3, 0.4) is 0 Å². The van der Waals surface area contributed by atoms with Crippen molar-refractivity contribution in [2.45, 2.75) is 20.3 Å². The minimum absolute atomic E-state index is 0.0513. The lowest BCUT2D eigenvalue weighted by Gasteiger charge is -2.33. The van der Waals surface area contributed by atoms with Gasteiger partial charge in [-0.25, -0.2) is 18.4 Å². The number of nitrogens with zero attached hydrogens (tertiary/aromatic N) is 5. The number of sulfonamides is 1. The van der Waals surface area contributed by atoms with Gasteiger partial charge in [-0.2, -0.15) is 9.29 Å². The second-order valence-electron chi connectivity index (χ2n) is 10.0. The number of hydrogen-bond donors (Lipinski definition) is 2. The second-order valence-corrected chi connectivity index (χ2v) is 12.0. The maximum Gasteiger partial charge on any atom is 0.260 e. The van der Waals surface area contributed by atoms with Crippen LogP contribution in [0.15, 0.2) is 49.3 Å². The average Bonchev–Trinajstić information content (AvgIpc) is 2.99. The van der Waals surface area contributed by atoms with Crippen LogP contribution in [0.25, 0.3) is 0 Å². The number of anilines is 4. The Morgan fingerprint density at radius 2 is 1.74 bits per heavy atom. The number of nitrogens with one attached hydrogen (secondary N) is 2. The number of piperazine rings is 1. The third-order valence-electron chi connectivity index (χ3n) is 6.85. The molecule has 1 saturated heterocycles. The van der Waals surface area contributed by atoms with Crippen molar-refractivity contribution < 1.29 is 27.5 Å². The topological polar surface area (TPSA) is 156 Å². The molecule has 1 aliphatic heterocycles. The van der Waals surface area contributed by atoms with Crippen LogP contribution >= 0.6 is 0 Å². The molecule has 1 fully saturated rings. The number of methoxy groups -OCH3 is 1. The first-order chi connectivity index (χ1) is 20.5. The highest BCUT2D eigenvalue weighted by Crippen LogP contribution is 2.28. The lowest BCUT2D eigenvalue weighted by Crippen LogP contribution is -2.51. The zero-order valence-electron chi connectivity index (χ0n) is 24.6. The molecule has 228 valence electrons. The van der Waals surface area contributed by atoms with Crippen molar-refractivity contribution in [1.82, 2.24) is 24.2 Å². The van der Waals surface area contributed by atoms with Gasteiger partial charge in [-0.15, -0.1) is 0 Å². The average molecular weight is 610 g/mol. The first-order valence-electron chi connectivity index (χ1n) is 13.5. The third-order valence-corrected chi connectivity index (χ3v) is 8.15. The molecule has 0 atom stereocenters. The van der Waals surface area contributed by atoms with E-state index in [1.807, 2.05) is 13.8 Å². The van der Waals surface area contributed by atoms with E-state index in [1.165, 1.54) is 10.4 Å². The number of hydrogen-bond acceptors (Lipinski definition) is 11. The number of aromatic nitrogens is 3. The molecule has 4 rings (SSSR count). The smallest absolute Gasteiger partial charge is 0.260 e. The van der Waals surface area contributed by atoms with Crippen LogP contribution < -0.4 is 20.1 Å². The van der Waals surface area contributed by atoms with E-state index < -0.39 is 10.0 Å². The predicted octanol–water partition coefficient (Wildman–Crippen LogP) is 2.76. The molecule has 0 aliphatic carbocycles. The summed E-state index contributed by atoms with van der Waals surface area (Å²) in [5.74, 6) is 1.30. The number of pyridine rings is 1. The van der Waals surface area contributed by atoms with Gasteiger partial charge in [0.2, 0.25) is 21.9 Å². The Labute approximate surface area is 251 Å². The minimum atomic E-state index is -3.29. The Morgan fingerprint density at radius 1 is 1.02 bits per heavy atom. The number of carbonyl (C=O) groups excluding carboxylic acids is 2. The molecule has 1 aromatic carbocycles. The highest BCUT2D eigenvalue weighted by Gasteiger charge is 2.26. The molecular weight excluding hydrogens is 574 g/mol. The fourth-order valence-corrected chi connectivity index (χ4v) is 5.15. The lowest BCUT2D eigenvalue weighted by molar-refractivity contribution is -0.134. The number of benzene rings is 1. The second kappa shape index (κ2) is 13.6. The normalized spacial score (nSPS) is 13.7. The van der Waals surface area contributed by atoms with Gasteiger partial charge in [-0.3, -0.25) is 9.59 Å². The molecular formula is C29H35N7O6S. The lowest BCUT2D eigenvalue weighted by atomic mass is 10.1. The SMILES string of the molecule is C=CC(=O)Cc1cc(OCC(=O)N2CCN(S(C)(=O)=O)CC2)ccc1Nc1nc(Nc2cc(OC)ncc2C)ncc1C. The van der Waals surface area contributed by atoms with E-state index in [0.29, 0.717) is 47.7 Å². The Kier molecular flexibility index (Phi) is 9.93. The molecule has 3 heterocycles. The number of ketones is 1. The molecule has 1 amide bonds. The zero-order valence-corrected chi connectivity index (χ0v) is 25.4. The minimum Gasteiger partial charge on any atom is -0.484 e.